The molecule has 1 rings (SSSR count). The lowest BCUT2D eigenvalue weighted by molar-refractivity contribution is -0.117. The van der Waals surface area contributed by atoms with Gasteiger partial charge in [-0.05, 0) is 6.42 Å². The maximum Gasteiger partial charge on any atom is 0.241 e. The number of carbonyl (C=O) groups excluding carboxylic acids is 1. The van der Waals surface area contributed by atoms with Gasteiger partial charge in [0.15, 0.2) is 11.6 Å². The van der Waals surface area contributed by atoms with E-state index in [1.165, 1.54) is 20.3 Å². The highest BCUT2D eigenvalue weighted by molar-refractivity contribution is 5.96. The predicted molar refractivity (Wildman–Crippen MR) is 78.3 cm³/mol. The molecular weight excluding hydrogens is 287 g/mol. The number of nitrogens with two attached hydrogens (primary N) is 1. The molecule has 1 aromatic rings. The average molecular weight is 307 g/mol. The van der Waals surface area contributed by atoms with Gasteiger partial charge in [-0.3, -0.25) is 4.79 Å². The molecule has 1 atom stereocenters. The summed E-state index contributed by atoms with van der Waals surface area (Å²) in [4.78, 5) is 11.8. The number of hydrogen-bond donors (Lipinski definition) is 2. The number of anilines is 1. The minimum Gasteiger partial charge on any atom is -0.494 e. The van der Waals surface area contributed by atoms with Crippen molar-refractivity contribution in [3.05, 3.63) is 17.9 Å². The van der Waals surface area contributed by atoms with Crippen molar-refractivity contribution in [1.82, 2.24) is 0 Å². The molecule has 7 heteroatoms. The van der Waals surface area contributed by atoms with Crippen molar-refractivity contribution < 1.29 is 18.7 Å². The van der Waals surface area contributed by atoms with Crippen LogP contribution in [0.1, 0.15) is 19.8 Å². The van der Waals surface area contributed by atoms with Crippen LogP contribution in [0.25, 0.3) is 0 Å². The molecule has 0 fully saturated rings. The Kier molecular flexibility index (Phi) is 7.94. The highest BCUT2D eigenvalue weighted by Gasteiger charge is 2.17. The molecule has 1 aromatic carbocycles. The largest absolute Gasteiger partial charge is 0.494 e. The summed E-state index contributed by atoms with van der Waals surface area (Å²) in [6, 6.07) is 1.89. The summed E-state index contributed by atoms with van der Waals surface area (Å²) in [7, 11) is 2.78. The molecule has 0 heterocycles. The summed E-state index contributed by atoms with van der Waals surface area (Å²) in [5, 5.41) is 2.55. The summed E-state index contributed by atoms with van der Waals surface area (Å²) in [6.07, 6.45) is 1.36. The first-order valence-corrected chi connectivity index (χ1v) is 6.01. The van der Waals surface area contributed by atoms with Crippen LogP contribution >= 0.6 is 12.4 Å². The molecule has 0 aliphatic carbocycles. The first-order valence-electron chi connectivity index (χ1n) is 6.01. The van der Waals surface area contributed by atoms with E-state index in [2.05, 4.69) is 5.32 Å². The van der Waals surface area contributed by atoms with E-state index >= 15 is 0 Å². The molecule has 1 unspecified atom stereocenters. The Bertz CT molecular complexity index is 457. The number of ether oxygens (including phenoxy) is 2. The quantitative estimate of drug-likeness (QED) is 0.846. The third kappa shape index (κ3) is 4.54. The molecule has 3 N–H and O–H groups in total. The van der Waals surface area contributed by atoms with Gasteiger partial charge >= 0.3 is 0 Å². The van der Waals surface area contributed by atoms with Crippen molar-refractivity contribution >= 4 is 24.0 Å². The molecule has 0 bridgehead atoms. The smallest absolute Gasteiger partial charge is 0.241 e. The van der Waals surface area contributed by atoms with Crippen LogP contribution in [0.2, 0.25) is 0 Å². The standard InChI is InChI=1S/C13H19FN2O3.ClH/c1-4-5-9(15)13(17)16-10-6-8(14)11(18-2)7-12(10)19-3;/h6-7,9H,4-5,15H2,1-3H3,(H,16,17);1H. The van der Waals surface area contributed by atoms with Gasteiger partial charge in [-0.2, -0.15) is 0 Å². The molecule has 0 saturated heterocycles. The summed E-state index contributed by atoms with van der Waals surface area (Å²) < 4.78 is 23.5. The van der Waals surface area contributed by atoms with Crippen LogP contribution in [0, 0.1) is 5.82 Å². The highest BCUT2D eigenvalue weighted by atomic mass is 35.5. The van der Waals surface area contributed by atoms with Gasteiger partial charge in [-0.15, -0.1) is 12.4 Å². The first kappa shape index (κ1) is 18.5. The zero-order chi connectivity index (χ0) is 14.4. The van der Waals surface area contributed by atoms with Gasteiger partial charge in [0.25, 0.3) is 0 Å². The molecule has 0 aliphatic heterocycles. The summed E-state index contributed by atoms with van der Waals surface area (Å²) in [6.45, 7) is 1.93. The van der Waals surface area contributed by atoms with Crippen LogP contribution in [0.15, 0.2) is 12.1 Å². The van der Waals surface area contributed by atoms with Crippen LogP contribution in [-0.2, 0) is 4.79 Å². The van der Waals surface area contributed by atoms with Crippen LogP contribution in [-0.4, -0.2) is 26.2 Å². The fraction of sp³-hybridized carbons (Fsp3) is 0.462. The van der Waals surface area contributed by atoms with Crippen molar-refractivity contribution in [2.24, 2.45) is 5.73 Å². The Morgan fingerprint density at radius 2 is 1.95 bits per heavy atom. The second-order valence-corrected chi connectivity index (χ2v) is 4.07. The molecule has 0 saturated carbocycles. The summed E-state index contributed by atoms with van der Waals surface area (Å²) in [5.41, 5.74) is 5.92. The maximum absolute atomic E-state index is 13.6. The number of benzene rings is 1. The van der Waals surface area contributed by atoms with Crippen molar-refractivity contribution in [1.29, 1.82) is 0 Å². The van der Waals surface area contributed by atoms with Crippen LogP contribution in [0.5, 0.6) is 11.5 Å². The molecule has 0 spiro atoms. The average Bonchev–Trinajstić information content (AvgIpc) is 2.39. The van der Waals surface area contributed by atoms with E-state index < -0.39 is 11.9 Å². The van der Waals surface area contributed by atoms with Gasteiger partial charge in [0.05, 0.1) is 25.9 Å². The lowest BCUT2D eigenvalue weighted by Gasteiger charge is -2.15. The molecule has 0 radical (unpaired) electrons. The van der Waals surface area contributed by atoms with E-state index in [-0.39, 0.29) is 29.8 Å². The molecule has 1 amide bonds. The number of halogens is 2. The second-order valence-electron chi connectivity index (χ2n) is 4.07. The van der Waals surface area contributed by atoms with E-state index in [0.29, 0.717) is 12.2 Å². The van der Waals surface area contributed by atoms with Gasteiger partial charge in [0.2, 0.25) is 5.91 Å². The number of hydrogen-bond acceptors (Lipinski definition) is 4. The normalized spacial score (nSPS) is 11.2. The summed E-state index contributed by atoms with van der Waals surface area (Å²) in [5.74, 6) is -0.588. The number of amides is 1. The Morgan fingerprint density at radius 3 is 2.45 bits per heavy atom. The fourth-order valence-corrected chi connectivity index (χ4v) is 1.63. The van der Waals surface area contributed by atoms with E-state index in [1.807, 2.05) is 6.92 Å². The number of methoxy groups -OCH3 is 2. The number of carbonyl (C=O) groups is 1. The Balaban J connectivity index is 0.00000361. The minimum absolute atomic E-state index is 0. The first-order chi connectivity index (χ1) is 9.03. The van der Waals surface area contributed by atoms with Crippen molar-refractivity contribution in [2.45, 2.75) is 25.8 Å². The van der Waals surface area contributed by atoms with Crippen molar-refractivity contribution in [3.8, 4) is 11.5 Å². The Hall–Kier alpha value is -1.53. The lowest BCUT2D eigenvalue weighted by atomic mass is 10.1. The molecule has 20 heavy (non-hydrogen) atoms. The lowest BCUT2D eigenvalue weighted by Crippen LogP contribution is -2.35. The molecule has 5 nitrogen and oxygen atoms in total. The molecule has 0 aliphatic rings. The van der Waals surface area contributed by atoms with E-state index in [9.17, 15) is 9.18 Å². The van der Waals surface area contributed by atoms with Crippen molar-refractivity contribution in [3.63, 3.8) is 0 Å². The zero-order valence-corrected chi connectivity index (χ0v) is 12.6. The molecular formula is C13H20ClFN2O3. The van der Waals surface area contributed by atoms with E-state index in [0.717, 1.165) is 12.5 Å². The minimum atomic E-state index is -0.625. The monoisotopic (exact) mass is 306 g/mol. The predicted octanol–water partition coefficient (Wildman–Crippen LogP) is 2.33. The van der Waals surface area contributed by atoms with Gasteiger partial charge in [0.1, 0.15) is 5.75 Å². The molecule has 114 valence electrons. The fourth-order valence-electron chi connectivity index (χ4n) is 1.63. The van der Waals surface area contributed by atoms with Crippen molar-refractivity contribution in [2.75, 3.05) is 19.5 Å². The maximum atomic E-state index is 13.6. The number of nitrogens with one attached hydrogen (secondary N) is 1. The Morgan fingerprint density at radius 1 is 1.35 bits per heavy atom. The summed E-state index contributed by atoms with van der Waals surface area (Å²) >= 11 is 0. The SMILES string of the molecule is CCCC(N)C(=O)Nc1cc(F)c(OC)cc1OC.Cl. The van der Waals surface area contributed by atoms with E-state index in [1.54, 1.807) is 0 Å². The van der Waals surface area contributed by atoms with Crippen LogP contribution < -0.4 is 20.5 Å². The molecule has 0 aromatic heterocycles. The van der Waals surface area contributed by atoms with Gasteiger partial charge in [-0.1, -0.05) is 13.3 Å². The third-order valence-corrected chi connectivity index (χ3v) is 2.67. The van der Waals surface area contributed by atoms with E-state index in [4.69, 9.17) is 15.2 Å². The van der Waals surface area contributed by atoms with Gasteiger partial charge in [0, 0.05) is 12.1 Å². The van der Waals surface area contributed by atoms with Gasteiger partial charge < -0.3 is 20.5 Å². The highest BCUT2D eigenvalue weighted by Crippen LogP contribution is 2.31. The number of rotatable bonds is 6. The Labute approximate surface area is 124 Å². The van der Waals surface area contributed by atoms with Crippen LogP contribution in [0.4, 0.5) is 10.1 Å². The topological polar surface area (TPSA) is 73.6 Å². The van der Waals surface area contributed by atoms with Crippen LogP contribution in [0.3, 0.4) is 0 Å². The zero-order valence-electron chi connectivity index (χ0n) is 11.7. The van der Waals surface area contributed by atoms with Gasteiger partial charge in [-0.25, -0.2) is 4.39 Å². The third-order valence-electron chi connectivity index (χ3n) is 2.67. The second kappa shape index (κ2) is 8.60.